The van der Waals surface area contributed by atoms with Crippen molar-refractivity contribution in [1.29, 1.82) is 5.26 Å². The molecule has 1 rings (SSSR count). The van der Waals surface area contributed by atoms with E-state index in [1.807, 2.05) is 6.07 Å². The van der Waals surface area contributed by atoms with Crippen LogP contribution < -0.4 is 10.6 Å². The fraction of sp³-hybridized carbons (Fsp3) is 0.438. The van der Waals surface area contributed by atoms with Crippen LogP contribution in [0.2, 0.25) is 0 Å². The molecule has 5 nitrogen and oxygen atoms in total. The van der Waals surface area contributed by atoms with Gasteiger partial charge >= 0.3 is 0 Å². The maximum atomic E-state index is 11.9. The molecule has 0 saturated heterocycles. The van der Waals surface area contributed by atoms with E-state index in [-0.39, 0.29) is 11.8 Å². The van der Waals surface area contributed by atoms with Gasteiger partial charge in [-0.1, -0.05) is 32.9 Å². The van der Waals surface area contributed by atoms with Crippen LogP contribution in [0, 0.1) is 16.7 Å². The van der Waals surface area contributed by atoms with Gasteiger partial charge in [-0.05, 0) is 24.6 Å². The van der Waals surface area contributed by atoms with E-state index in [0.717, 1.165) is 5.56 Å². The molecule has 0 fully saturated rings. The SMILES string of the molecule is CC(NC(=O)C(C)(C)C)C(=O)NCc1cccc(C#N)c1. The smallest absolute Gasteiger partial charge is 0.242 e. The van der Waals surface area contributed by atoms with Crippen LogP contribution in [-0.2, 0) is 16.1 Å². The third kappa shape index (κ3) is 5.27. The fourth-order valence-electron chi connectivity index (χ4n) is 1.57. The Bertz CT molecular complexity index is 568. The van der Waals surface area contributed by atoms with E-state index in [4.69, 9.17) is 5.26 Å². The highest BCUT2D eigenvalue weighted by Gasteiger charge is 2.24. The van der Waals surface area contributed by atoms with E-state index < -0.39 is 11.5 Å². The van der Waals surface area contributed by atoms with E-state index >= 15 is 0 Å². The highest BCUT2D eigenvalue weighted by molar-refractivity contribution is 5.89. The minimum Gasteiger partial charge on any atom is -0.350 e. The van der Waals surface area contributed by atoms with Crippen LogP contribution in [0.5, 0.6) is 0 Å². The molecule has 2 amide bonds. The summed E-state index contributed by atoms with van der Waals surface area (Å²) >= 11 is 0. The van der Waals surface area contributed by atoms with E-state index in [2.05, 4.69) is 16.7 Å². The van der Waals surface area contributed by atoms with Crippen LogP contribution in [0.25, 0.3) is 0 Å². The van der Waals surface area contributed by atoms with Crippen molar-refractivity contribution >= 4 is 11.8 Å². The molecule has 0 aliphatic carbocycles. The number of nitriles is 1. The molecule has 5 heteroatoms. The normalized spacial score (nSPS) is 12.1. The van der Waals surface area contributed by atoms with Gasteiger partial charge in [-0.3, -0.25) is 9.59 Å². The van der Waals surface area contributed by atoms with Crippen LogP contribution in [0.1, 0.15) is 38.8 Å². The number of nitrogens with zero attached hydrogens (tertiary/aromatic N) is 1. The maximum absolute atomic E-state index is 11.9. The summed E-state index contributed by atoms with van der Waals surface area (Å²) in [6.07, 6.45) is 0. The first-order valence-corrected chi connectivity index (χ1v) is 6.82. The van der Waals surface area contributed by atoms with Gasteiger partial charge in [0, 0.05) is 12.0 Å². The van der Waals surface area contributed by atoms with Crippen molar-refractivity contribution in [2.75, 3.05) is 0 Å². The number of hydrogen-bond acceptors (Lipinski definition) is 3. The Balaban J connectivity index is 2.53. The van der Waals surface area contributed by atoms with Crippen molar-refractivity contribution in [3.63, 3.8) is 0 Å². The Labute approximate surface area is 125 Å². The Morgan fingerprint density at radius 1 is 1.33 bits per heavy atom. The third-order valence-corrected chi connectivity index (χ3v) is 2.94. The molecule has 1 aromatic rings. The van der Waals surface area contributed by atoms with E-state index in [1.54, 1.807) is 45.9 Å². The maximum Gasteiger partial charge on any atom is 0.242 e. The molecule has 112 valence electrons. The molecule has 1 aromatic carbocycles. The monoisotopic (exact) mass is 287 g/mol. The quantitative estimate of drug-likeness (QED) is 0.884. The molecule has 1 atom stereocenters. The molecule has 0 heterocycles. The zero-order valence-corrected chi connectivity index (χ0v) is 12.9. The highest BCUT2D eigenvalue weighted by atomic mass is 16.2. The van der Waals surface area contributed by atoms with Gasteiger partial charge in [0.15, 0.2) is 0 Å². The molecule has 21 heavy (non-hydrogen) atoms. The van der Waals surface area contributed by atoms with Gasteiger partial charge in [0.1, 0.15) is 6.04 Å². The number of amides is 2. The summed E-state index contributed by atoms with van der Waals surface area (Å²) in [6.45, 7) is 7.34. The van der Waals surface area contributed by atoms with Crippen LogP contribution in [0.3, 0.4) is 0 Å². The topological polar surface area (TPSA) is 82.0 Å². The van der Waals surface area contributed by atoms with Crippen LogP contribution in [0.4, 0.5) is 0 Å². The van der Waals surface area contributed by atoms with E-state index in [0.29, 0.717) is 12.1 Å². The summed E-state index contributed by atoms with van der Waals surface area (Å²) in [5.74, 6) is -0.424. The zero-order chi connectivity index (χ0) is 16.0. The first-order chi connectivity index (χ1) is 9.74. The highest BCUT2D eigenvalue weighted by Crippen LogP contribution is 2.12. The average Bonchev–Trinajstić information content (AvgIpc) is 2.43. The molecule has 0 saturated carbocycles. The van der Waals surface area contributed by atoms with Gasteiger partial charge in [0.2, 0.25) is 11.8 Å². The average molecular weight is 287 g/mol. The zero-order valence-electron chi connectivity index (χ0n) is 12.9. The minimum absolute atomic E-state index is 0.170. The fourth-order valence-corrected chi connectivity index (χ4v) is 1.57. The van der Waals surface area contributed by atoms with Crippen LogP contribution >= 0.6 is 0 Å². The Morgan fingerprint density at radius 3 is 2.57 bits per heavy atom. The second-order valence-electron chi connectivity index (χ2n) is 5.98. The summed E-state index contributed by atoms with van der Waals surface area (Å²) in [5.41, 5.74) is 0.864. The Morgan fingerprint density at radius 2 is 2.00 bits per heavy atom. The van der Waals surface area contributed by atoms with Gasteiger partial charge in [-0.25, -0.2) is 0 Å². The van der Waals surface area contributed by atoms with Crippen molar-refractivity contribution in [2.24, 2.45) is 5.41 Å². The first kappa shape index (κ1) is 16.7. The summed E-state index contributed by atoms with van der Waals surface area (Å²) < 4.78 is 0. The predicted molar refractivity (Wildman–Crippen MR) is 80.1 cm³/mol. The van der Waals surface area contributed by atoms with Gasteiger partial charge in [0.25, 0.3) is 0 Å². The van der Waals surface area contributed by atoms with Crippen LogP contribution in [-0.4, -0.2) is 17.9 Å². The third-order valence-electron chi connectivity index (χ3n) is 2.94. The number of carbonyl (C=O) groups excluding carboxylic acids is 2. The molecule has 0 aliphatic heterocycles. The van der Waals surface area contributed by atoms with Gasteiger partial charge < -0.3 is 10.6 Å². The van der Waals surface area contributed by atoms with E-state index in [9.17, 15) is 9.59 Å². The molecule has 1 unspecified atom stereocenters. The van der Waals surface area contributed by atoms with Gasteiger partial charge in [-0.15, -0.1) is 0 Å². The number of benzene rings is 1. The molecule has 0 aliphatic rings. The number of rotatable bonds is 4. The van der Waals surface area contributed by atoms with Crippen molar-refractivity contribution in [1.82, 2.24) is 10.6 Å². The first-order valence-electron chi connectivity index (χ1n) is 6.82. The van der Waals surface area contributed by atoms with Crippen molar-refractivity contribution < 1.29 is 9.59 Å². The number of carbonyl (C=O) groups is 2. The van der Waals surface area contributed by atoms with Crippen molar-refractivity contribution in [3.05, 3.63) is 35.4 Å². The van der Waals surface area contributed by atoms with Crippen molar-refractivity contribution in [2.45, 2.75) is 40.3 Å². The molecular formula is C16H21N3O2. The Kier molecular flexibility index (Phi) is 5.48. The Hall–Kier alpha value is -2.35. The summed E-state index contributed by atoms with van der Waals surface area (Å²) in [6, 6.07) is 8.48. The predicted octanol–water partition coefficient (Wildman–Crippen LogP) is 1.73. The largest absolute Gasteiger partial charge is 0.350 e. The molecule has 2 N–H and O–H groups in total. The van der Waals surface area contributed by atoms with Gasteiger partial charge in [0.05, 0.1) is 11.6 Å². The van der Waals surface area contributed by atoms with Gasteiger partial charge in [-0.2, -0.15) is 5.26 Å². The lowest BCUT2D eigenvalue weighted by atomic mass is 9.95. The number of nitrogens with one attached hydrogen (secondary N) is 2. The minimum atomic E-state index is -0.601. The molecule has 0 bridgehead atoms. The molecular weight excluding hydrogens is 266 g/mol. The summed E-state index contributed by atoms with van der Waals surface area (Å²) in [5, 5.41) is 14.2. The standard InChI is InChI=1S/C16H21N3O2/c1-11(19-15(21)16(2,3)4)14(20)18-10-13-7-5-6-12(8-13)9-17/h5-8,11H,10H2,1-4H3,(H,18,20)(H,19,21). The molecule has 0 spiro atoms. The second kappa shape index (κ2) is 6.89. The summed E-state index contributed by atoms with van der Waals surface area (Å²) in [7, 11) is 0. The summed E-state index contributed by atoms with van der Waals surface area (Å²) in [4.78, 5) is 23.8. The lowest BCUT2D eigenvalue weighted by Gasteiger charge is -2.21. The van der Waals surface area contributed by atoms with Crippen molar-refractivity contribution in [3.8, 4) is 6.07 Å². The number of hydrogen-bond donors (Lipinski definition) is 2. The van der Waals surface area contributed by atoms with E-state index in [1.165, 1.54) is 0 Å². The lowest BCUT2D eigenvalue weighted by molar-refractivity contribution is -0.133. The lowest BCUT2D eigenvalue weighted by Crippen LogP contribution is -2.48. The van der Waals surface area contributed by atoms with Crippen LogP contribution in [0.15, 0.2) is 24.3 Å². The molecule has 0 radical (unpaired) electrons. The molecule has 0 aromatic heterocycles. The second-order valence-corrected chi connectivity index (χ2v) is 5.98.